The third-order valence-corrected chi connectivity index (χ3v) is 21.7. The summed E-state index contributed by atoms with van der Waals surface area (Å²) in [5, 5.41) is 0. The van der Waals surface area contributed by atoms with E-state index < -0.39 is 21.3 Å². The number of halogens is 2. The molecule has 0 nitrogen and oxygen atoms in total. The van der Waals surface area contributed by atoms with Crippen molar-refractivity contribution in [1.29, 1.82) is 0 Å². The van der Waals surface area contributed by atoms with Gasteiger partial charge in [-0.05, 0) is 0 Å². The van der Waals surface area contributed by atoms with Gasteiger partial charge in [-0.1, -0.05) is 0 Å². The molecule has 0 heterocycles. The number of rotatable bonds is 2. The Morgan fingerprint density at radius 1 is 0.660 bits per heavy atom. The summed E-state index contributed by atoms with van der Waals surface area (Å²) < 4.78 is 5.76. The van der Waals surface area contributed by atoms with Crippen LogP contribution < -0.4 is 24.8 Å². The molecule has 7 rings (SSSR count). The fourth-order valence-electron chi connectivity index (χ4n) is 9.93. The average Bonchev–Trinajstić information content (AvgIpc) is 3.66. The summed E-state index contributed by atoms with van der Waals surface area (Å²) in [5.74, 6) is 0.560. The van der Waals surface area contributed by atoms with Crippen LogP contribution in [0.2, 0.25) is 0 Å². The Labute approximate surface area is 325 Å². The SMILES string of the molecule is CC1C=C(C(C)(C)C)C=[C]1[Zr+2]([C]1=C(C(C)(C)C)c2cc3c(cc2C1(C)C)Cc1cc2c(cc1-3)C(C(C)(C)C)=CC2(C)C)=[C]1CCCCC1.[Cl-].[Cl-]. The zero-order valence-electron chi connectivity index (χ0n) is 33.6. The normalized spacial score (nSPS) is 21.6. The van der Waals surface area contributed by atoms with E-state index in [1.807, 2.05) is 9.77 Å². The van der Waals surface area contributed by atoms with Crippen LogP contribution in [0, 0.1) is 22.2 Å². The Morgan fingerprint density at radius 2 is 1.22 bits per heavy atom. The molecule has 5 aliphatic carbocycles. The second-order valence-corrected chi connectivity index (χ2v) is 26.5. The summed E-state index contributed by atoms with van der Waals surface area (Å²) in [6.45, 7) is 34.5. The second-order valence-electron chi connectivity index (χ2n) is 20.2. The van der Waals surface area contributed by atoms with E-state index in [1.165, 1.54) is 65.5 Å². The van der Waals surface area contributed by atoms with E-state index in [0.29, 0.717) is 5.92 Å². The van der Waals surface area contributed by atoms with E-state index in [2.05, 4.69) is 139 Å². The van der Waals surface area contributed by atoms with Crippen LogP contribution in [0.5, 0.6) is 0 Å². The van der Waals surface area contributed by atoms with Crippen LogP contribution in [-0.4, -0.2) is 3.21 Å². The van der Waals surface area contributed by atoms with Crippen LogP contribution in [0.1, 0.15) is 162 Å². The van der Waals surface area contributed by atoms with Crippen molar-refractivity contribution in [3.63, 3.8) is 0 Å². The maximum Gasteiger partial charge on any atom is -1.00 e. The topological polar surface area (TPSA) is 0 Å². The van der Waals surface area contributed by atoms with Gasteiger partial charge in [-0.2, -0.15) is 0 Å². The molecule has 0 N–H and O–H groups in total. The van der Waals surface area contributed by atoms with Crippen molar-refractivity contribution in [2.45, 2.75) is 146 Å². The van der Waals surface area contributed by atoms with Crippen LogP contribution >= 0.6 is 0 Å². The van der Waals surface area contributed by atoms with E-state index >= 15 is 0 Å². The first-order chi connectivity index (χ1) is 22.1. The van der Waals surface area contributed by atoms with Crippen LogP contribution in [0.4, 0.5) is 0 Å². The zero-order chi connectivity index (χ0) is 34.9. The van der Waals surface area contributed by atoms with Gasteiger partial charge in [0.2, 0.25) is 0 Å². The number of allylic oxidation sites excluding steroid dienone is 8. The van der Waals surface area contributed by atoms with E-state index in [4.69, 9.17) is 0 Å². The van der Waals surface area contributed by atoms with Crippen molar-refractivity contribution in [3.05, 3.63) is 88.0 Å². The van der Waals surface area contributed by atoms with Gasteiger partial charge in [0.05, 0.1) is 0 Å². The van der Waals surface area contributed by atoms with Crippen LogP contribution in [-0.2, 0) is 38.5 Å². The molecule has 0 spiro atoms. The predicted octanol–water partition coefficient (Wildman–Crippen LogP) is 7.30. The third kappa shape index (κ3) is 6.38. The molecule has 1 fully saturated rings. The average molecular weight is 789 g/mol. The molecule has 2 aromatic carbocycles. The Bertz CT molecular complexity index is 1910. The van der Waals surface area contributed by atoms with Crippen molar-refractivity contribution in [2.75, 3.05) is 0 Å². The fourth-order valence-corrected chi connectivity index (χ4v) is 20.4. The van der Waals surface area contributed by atoms with Crippen LogP contribution in [0.3, 0.4) is 0 Å². The molecule has 1 atom stereocenters. The molecule has 3 heteroatoms. The van der Waals surface area contributed by atoms with E-state index in [1.54, 1.807) is 27.8 Å². The summed E-state index contributed by atoms with van der Waals surface area (Å²) in [4.78, 5) is 0. The van der Waals surface area contributed by atoms with Gasteiger partial charge >= 0.3 is 303 Å². The molecular formula is C47H62Cl2Zr. The minimum atomic E-state index is -2.44. The largest absolute Gasteiger partial charge is 1.00 e. The quantitative estimate of drug-likeness (QED) is 0.256. The minimum absolute atomic E-state index is 0. The Kier molecular flexibility index (Phi) is 10.3. The Hall–Kier alpha value is -1.27. The second kappa shape index (κ2) is 12.9. The van der Waals surface area contributed by atoms with Gasteiger partial charge < -0.3 is 24.8 Å². The molecule has 1 unspecified atom stereocenters. The molecule has 2 aromatic rings. The van der Waals surface area contributed by atoms with Crippen molar-refractivity contribution < 1.29 is 46.1 Å². The zero-order valence-corrected chi connectivity index (χ0v) is 37.6. The molecule has 268 valence electrons. The smallest absolute Gasteiger partial charge is 1.00 e. The predicted molar refractivity (Wildman–Crippen MR) is 207 cm³/mol. The molecule has 0 radical (unpaired) electrons. The number of fused-ring (bicyclic) bond motifs is 5. The van der Waals surface area contributed by atoms with E-state index in [0.717, 1.165) is 6.42 Å². The summed E-state index contributed by atoms with van der Waals surface area (Å²) in [6, 6.07) is 10.6. The Morgan fingerprint density at radius 3 is 1.74 bits per heavy atom. The first-order valence-electron chi connectivity index (χ1n) is 19.1. The van der Waals surface area contributed by atoms with Crippen LogP contribution in [0.15, 0.2) is 54.6 Å². The Balaban J connectivity index is 0.00000243. The summed E-state index contributed by atoms with van der Waals surface area (Å²) in [5.41, 5.74) is 17.6. The van der Waals surface area contributed by atoms with Gasteiger partial charge in [-0.15, -0.1) is 0 Å². The summed E-state index contributed by atoms with van der Waals surface area (Å²) >= 11 is -2.44. The van der Waals surface area contributed by atoms with Gasteiger partial charge in [-0.3, -0.25) is 0 Å². The van der Waals surface area contributed by atoms with E-state index in [9.17, 15) is 0 Å². The third-order valence-electron chi connectivity index (χ3n) is 12.5. The minimum Gasteiger partial charge on any atom is -1.00 e. The van der Waals surface area contributed by atoms with Gasteiger partial charge in [0.25, 0.3) is 0 Å². The number of hydrogen-bond acceptors (Lipinski definition) is 0. The van der Waals surface area contributed by atoms with Gasteiger partial charge in [0, 0.05) is 0 Å². The molecule has 0 aromatic heterocycles. The van der Waals surface area contributed by atoms with Gasteiger partial charge in [-0.25, -0.2) is 0 Å². The van der Waals surface area contributed by atoms with Crippen molar-refractivity contribution in [3.8, 4) is 11.1 Å². The fraction of sp³-hybridized carbons (Fsp3) is 0.553. The molecule has 1 saturated carbocycles. The molecular weight excluding hydrogens is 727 g/mol. The first-order valence-corrected chi connectivity index (χ1v) is 22.8. The molecule has 0 bridgehead atoms. The van der Waals surface area contributed by atoms with E-state index in [-0.39, 0.29) is 51.9 Å². The van der Waals surface area contributed by atoms with Crippen molar-refractivity contribution in [1.82, 2.24) is 0 Å². The van der Waals surface area contributed by atoms with Crippen molar-refractivity contribution in [2.24, 2.45) is 22.2 Å². The first kappa shape index (κ1) is 39.9. The molecule has 0 saturated heterocycles. The van der Waals surface area contributed by atoms with Gasteiger partial charge in [0.1, 0.15) is 0 Å². The number of benzene rings is 2. The van der Waals surface area contributed by atoms with Gasteiger partial charge in [0.15, 0.2) is 0 Å². The molecule has 0 amide bonds. The molecule has 5 aliphatic rings. The molecule has 0 aliphatic heterocycles. The standard InChI is InChI=1S/C31H37.C10H15.C6H10.2ClH.Zr/c1-28(2,3)26-16-30(7,8)24-12-18-11-19-13-25-23(15-21(19)20(18)14-22(24)26)27(29(4,5)6)17-31(25,9)10;1-8-5-6-9(7-8)10(2,3)4;1-2-4-6-5-3-1;;;/h12-16H,11H2,1-10H3;6-8H,1-4H3;1-5H2;2*1H;/q;;;;;+2/p-2. The summed E-state index contributed by atoms with van der Waals surface area (Å²) in [7, 11) is 0. The summed E-state index contributed by atoms with van der Waals surface area (Å²) in [6.07, 6.45) is 15.9. The van der Waals surface area contributed by atoms with Crippen LogP contribution in [0.25, 0.3) is 22.3 Å². The monoisotopic (exact) mass is 786 g/mol. The maximum absolute atomic E-state index is 2.73. The number of hydrogen-bond donors (Lipinski definition) is 0. The van der Waals surface area contributed by atoms with Crippen molar-refractivity contribution >= 4 is 14.4 Å². The maximum atomic E-state index is 2.73. The molecule has 50 heavy (non-hydrogen) atoms.